The Morgan fingerprint density at radius 2 is 1.73 bits per heavy atom. The lowest BCUT2D eigenvalue weighted by Gasteiger charge is -2.09. The van der Waals surface area contributed by atoms with Gasteiger partial charge in [-0.2, -0.15) is 0 Å². The van der Waals surface area contributed by atoms with E-state index in [2.05, 4.69) is 0 Å². The smallest absolute Gasteiger partial charge is 0.306 e. The van der Waals surface area contributed by atoms with Gasteiger partial charge in [0, 0.05) is 12.0 Å². The highest BCUT2D eigenvalue weighted by atomic mass is 16.5. The highest BCUT2D eigenvalue weighted by Gasteiger charge is 2.20. The van der Waals surface area contributed by atoms with Crippen molar-refractivity contribution in [2.75, 3.05) is 6.61 Å². The second-order valence-corrected chi connectivity index (χ2v) is 5.97. The first-order valence-corrected chi connectivity index (χ1v) is 7.90. The van der Waals surface area contributed by atoms with Crippen LogP contribution in [0.3, 0.4) is 0 Å². The molecule has 0 aliphatic heterocycles. The zero-order valence-electron chi connectivity index (χ0n) is 12.6. The fraction of sp³-hybridized carbons (Fsp3) is 0.368. The molecule has 0 bridgehead atoms. The van der Waals surface area contributed by atoms with E-state index >= 15 is 0 Å². The molecule has 0 aromatic heterocycles. The van der Waals surface area contributed by atoms with Crippen LogP contribution in [0.1, 0.15) is 42.5 Å². The summed E-state index contributed by atoms with van der Waals surface area (Å²) in [7, 11) is 0. The highest BCUT2D eigenvalue weighted by Crippen LogP contribution is 2.27. The van der Waals surface area contributed by atoms with Gasteiger partial charge in [0.05, 0.1) is 0 Å². The molecule has 3 nitrogen and oxygen atoms in total. The number of carbonyl (C=O) groups is 2. The van der Waals surface area contributed by atoms with Crippen LogP contribution >= 0.6 is 0 Å². The normalized spacial score (nSPS) is 15.1. The molecule has 0 radical (unpaired) electrons. The molecule has 1 aliphatic carbocycles. The summed E-state index contributed by atoms with van der Waals surface area (Å²) < 4.78 is 5.18. The fourth-order valence-electron chi connectivity index (χ4n) is 3.20. The predicted octanol–water partition coefficient (Wildman–Crippen LogP) is 4.15. The zero-order chi connectivity index (χ0) is 15.4. The third-order valence-electron chi connectivity index (χ3n) is 4.38. The minimum Gasteiger partial charge on any atom is -0.457 e. The van der Waals surface area contributed by atoms with Gasteiger partial charge in [-0.3, -0.25) is 9.59 Å². The first kappa shape index (κ1) is 14.8. The summed E-state index contributed by atoms with van der Waals surface area (Å²) in [4.78, 5) is 24.1. The Morgan fingerprint density at radius 1 is 1.00 bits per heavy atom. The van der Waals surface area contributed by atoms with E-state index in [1.54, 1.807) is 6.07 Å². The van der Waals surface area contributed by atoms with Crippen molar-refractivity contribution in [2.24, 2.45) is 5.92 Å². The average Bonchev–Trinajstić information content (AvgIpc) is 3.05. The van der Waals surface area contributed by atoms with Gasteiger partial charge in [-0.25, -0.2) is 0 Å². The molecule has 3 rings (SSSR count). The van der Waals surface area contributed by atoms with Crippen molar-refractivity contribution in [3.8, 4) is 0 Å². The molecule has 2 aromatic rings. The summed E-state index contributed by atoms with van der Waals surface area (Å²) in [5, 5.41) is 1.92. The summed E-state index contributed by atoms with van der Waals surface area (Å²) in [6.07, 6.45) is 5.06. The monoisotopic (exact) mass is 296 g/mol. The van der Waals surface area contributed by atoms with Gasteiger partial charge in [0.15, 0.2) is 6.61 Å². The number of hydrogen-bond donors (Lipinski definition) is 0. The van der Waals surface area contributed by atoms with E-state index in [4.69, 9.17) is 4.74 Å². The molecule has 2 aromatic carbocycles. The van der Waals surface area contributed by atoms with Crippen molar-refractivity contribution >= 4 is 22.5 Å². The van der Waals surface area contributed by atoms with Gasteiger partial charge in [0.2, 0.25) is 5.78 Å². The number of Topliss-reactive ketones (excluding diaryl/α,β-unsaturated/α-hetero) is 1. The maximum absolute atomic E-state index is 12.3. The van der Waals surface area contributed by atoms with Crippen LogP contribution in [0.2, 0.25) is 0 Å². The Balaban J connectivity index is 1.62. The van der Waals surface area contributed by atoms with Gasteiger partial charge < -0.3 is 4.74 Å². The Labute approximate surface area is 130 Å². The summed E-state index contributed by atoms with van der Waals surface area (Å²) in [5.41, 5.74) is 0.617. The molecule has 0 atom stereocenters. The van der Waals surface area contributed by atoms with Gasteiger partial charge in [0.25, 0.3) is 0 Å². The van der Waals surface area contributed by atoms with Gasteiger partial charge in [0.1, 0.15) is 0 Å². The van der Waals surface area contributed by atoms with E-state index in [-0.39, 0.29) is 18.4 Å². The Bertz CT molecular complexity index is 679. The van der Waals surface area contributed by atoms with E-state index in [1.807, 2.05) is 36.4 Å². The standard InChI is InChI=1S/C19H20O3/c20-18(13-22-19(21)12-14-6-1-2-7-14)17-11-5-9-15-8-3-4-10-16(15)17/h3-5,8-11,14H,1-2,6-7,12-13H2. The summed E-state index contributed by atoms with van der Waals surface area (Å²) in [5.74, 6) is 0.0530. The van der Waals surface area contributed by atoms with Crippen molar-refractivity contribution in [2.45, 2.75) is 32.1 Å². The summed E-state index contributed by atoms with van der Waals surface area (Å²) in [6.45, 7) is -0.167. The third-order valence-corrected chi connectivity index (χ3v) is 4.38. The van der Waals surface area contributed by atoms with E-state index in [0.29, 0.717) is 17.9 Å². The lowest BCUT2D eigenvalue weighted by atomic mass is 10.0. The fourth-order valence-corrected chi connectivity index (χ4v) is 3.20. The second kappa shape index (κ2) is 6.73. The molecular formula is C19H20O3. The SMILES string of the molecule is O=C(CC1CCCC1)OCC(=O)c1cccc2ccccc12. The number of esters is 1. The van der Waals surface area contributed by atoms with Crippen LogP contribution in [-0.2, 0) is 9.53 Å². The number of ether oxygens (including phenoxy) is 1. The molecule has 0 N–H and O–H groups in total. The maximum atomic E-state index is 12.3. The first-order chi connectivity index (χ1) is 10.7. The Morgan fingerprint density at radius 3 is 2.55 bits per heavy atom. The number of carbonyl (C=O) groups excluding carboxylic acids is 2. The maximum Gasteiger partial charge on any atom is 0.306 e. The van der Waals surface area contributed by atoms with E-state index in [9.17, 15) is 9.59 Å². The van der Waals surface area contributed by atoms with Crippen LogP contribution in [0.25, 0.3) is 10.8 Å². The Kier molecular flexibility index (Phi) is 4.52. The number of fused-ring (bicyclic) bond motifs is 1. The van der Waals surface area contributed by atoms with Crippen LogP contribution in [-0.4, -0.2) is 18.4 Å². The van der Waals surface area contributed by atoms with E-state index in [1.165, 1.54) is 12.8 Å². The quantitative estimate of drug-likeness (QED) is 0.615. The molecule has 114 valence electrons. The van der Waals surface area contributed by atoms with Crippen molar-refractivity contribution in [3.63, 3.8) is 0 Å². The lowest BCUT2D eigenvalue weighted by molar-refractivity contribution is -0.143. The van der Waals surface area contributed by atoms with Crippen LogP contribution < -0.4 is 0 Å². The van der Waals surface area contributed by atoms with Gasteiger partial charge in [-0.15, -0.1) is 0 Å². The molecular weight excluding hydrogens is 276 g/mol. The number of benzene rings is 2. The lowest BCUT2D eigenvalue weighted by Crippen LogP contribution is -2.16. The average molecular weight is 296 g/mol. The van der Waals surface area contributed by atoms with Crippen molar-refractivity contribution in [1.82, 2.24) is 0 Å². The van der Waals surface area contributed by atoms with Crippen LogP contribution in [0.15, 0.2) is 42.5 Å². The highest BCUT2D eigenvalue weighted by molar-refractivity contribution is 6.09. The van der Waals surface area contributed by atoms with E-state index in [0.717, 1.165) is 23.6 Å². The number of ketones is 1. The van der Waals surface area contributed by atoms with Gasteiger partial charge in [-0.05, 0) is 29.5 Å². The molecule has 0 heterocycles. The second-order valence-electron chi connectivity index (χ2n) is 5.97. The number of rotatable bonds is 5. The number of hydrogen-bond acceptors (Lipinski definition) is 3. The molecule has 1 fully saturated rings. The molecule has 1 aliphatic rings. The molecule has 0 amide bonds. The molecule has 0 unspecified atom stereocenters. The molecule has 0 spiro atoms. The molecule has 0 saturated heterocycles. The largest absolute Gasteiger partial charge is 0.457 e. The van der Waals surface area contributed by atoms with Gasteiger partial charge in [-0.1, -0.05) is 55.3 Å². The van der Waals surface area contributed by atoms with Crippen LogP contribution in [0.4, 0.5) is 0 Å². The first-order valence-electron chi connectivity index (χ1n) is 7.90. The molecule has 1 saturated carbocycles. The van der Waals surface area contributed by atoms with Crippen LogP contribution in [0, 0.1) is 5.92 Å². The molecule has 3 heteroatoms. The van der Waals surface area contributed by atoms with Crippen molar-refractivity contribution in [3.05, 3.63) is 48.0 Å². The van der Waals surface area contributed by atoms with Crippen LogP contribution in [0.5, 0.6) is 0 Å². The van der Waals surface area contributed by atoms with E-state index < -0.39 is 0 Å². The zero-order valence-corrected chi connectivity index (χ0v) is 12.6. The van der Waals surface area contributed by atoms with Crippen molar-refractivity contribution in [1.29, 1.82) is 0 Å². The summed E-state index contributed by atoms with van der Waals surface area (Å²) >= 11 is 0. The Hall–Kier alpha value is -2.16. The third kappa shape index (κ3) is 3.35. The summed E-state index contributed by atoms with van der Waals surface area (Å²) in [6, 6.07) is 13.4. The topological polar surface area (TPSA) is 43.4 Å². The van der Waals surface area contributed by atoms with Crippen molar-refractivity contribution < 1.29 is 14.3 Å². The molecule has 22 heavy (non-hydrogen) atoms. The minimum atomic E-state index is -0.250. The minimum absolute atomic E-state index is 0.142. The van der Waals surface area contributed by atoms with Gasteiger partial charge >= 0.3 is 5.97 Å². The predicted molar refractivity (Wildman–Crippen MR) is 85.8 cm³/mol.